The van der Waals surface area contributed by atoms with Gasteiger partial charge in [0, 0.05) is 5.56 Å². The number of carbonyl (C=O) groups is 1. The van der Waals surface area contributed by atoms with Crippen LogP contribution in [0, 0.1) is 13.8 Å². The largest absolute Gasteiger partial charge is 0.292 e. The molecule has 0 spiro atoms. The molecule has 2 aromatic carbocycles. The van der Waals surface area contributed by atoms with Crippen LogP contribution in [0.3, 0.4) is 0 Å². The Bertz CT molecular complexity index is 804. The van der Waals surface area contributed by atoms with E-state index in [0.29, 0.717) is 5.56 Å². The monoisotopic (exact) mass is 331 g/mol. The van der Waals surface area contributed by atoms with E-state index >= 15 is 0 Å². The summed E-state index contributed by atoms with van der Waals surface area (Å²) in [5, 5.41) is 0. The number of carbonyl (C=O) groups excluding carboxylic acids is 1. The number of nitrogens with one attached hydrogen (secondary N) is 1. The maximum absolute atomic E-state index is 12.6. The first kappa shape index (κ1) is 17.4. The maximum Gasteiger partial charge on any atom is 0.241 e. The number of rotatable bonds is 5. The number of hydrogen-bond acceptors (Lipinski definition) is 3. The van der Waals surface area contributed by atoms with Crippen molar-refractivity contribution in [3.8, 4) is 0 Å². The lowest BCUT2D eigenvalue weighted by atomic mass is 9.94. The average molecular weight is 331 g/mol. The highest BCUT2D eigenvalue weighted by Gasteiger charge is 2.33. The molecule has 1 N–H and O–H groups in total. The molecule has 0 heterocycles. The van der Waals surface area contributed by atoms with Gasteiger partial charge in [0.25, 0.3) is 0 Å². The quantitative estimate of drug-likeness (QED) is 0.856. The van der Waals surface area contributed by atoms with Crippen LogP contribution in [0.2, 0.25) is 0 Å². The van der Waals surface area contributed by atoms with Gasteiger partial charge in [-0.25, -0.2) is 8.42 Å². The number of hydrogen-bond donors (Lipinski definition) is 1. The third-order valence-electron chi connectivity index (χ3n) is 3.50. The van der Waals surface area contributed by atoms with E-state index < -0.39 is 15.6 Å². The van der Waals surface area contributed by atoms with Crippen LogP contribution in [0.5, 0.6) is 0 Å². The van der Waals surface area contributed by atoms with E-state index in [2.05, 4.69) is 4.72 Å². The van der Waals surface area contributed by atoms with Crippen LogP contribution in [0.4, 0.5) is 0 Å². The van der Waals surface area contributed by atoms with Gasteiger partial charge in [0.2, 0.25) is 10.0 Å². The van der Waals surface area contributed by atoms with E-state index in [1.165, 1.54) is 0 Å². The van der Waals surface area contributed by atoms with Crippen molar-refractivity contribution in [2.45, 2.75) is 38.1 Å². The minimum atomic E-state index is -3.79. The summed E-state index contributed by atoms with van der Waals surface area (Å²) in [6, 6.07) is 13.8. The second-order valence-electron chi connectivity index (χ2n) is 6.25. The normalized spacial score (nSPS) is 12.2. The molecule has 0 aromatic heterocycles. The molecule has 0 saturated heterocycles. The third-order valence-corrected chi connectivity index (χ3v) is 5.13. The van der Waals surface area contributed by atoms with Crippen molar-refractivity contribution in [2.24, 2.45) is 0 Å². The maximum atomic E-state index is 12.6. The smallest absolute Gasteiger partial charge is 0.241 e. The zero-order chi connectivity index (χ0) is 17.3. The SMILES string of the molecule is Cc1cc(C)cc(S(=O)(=O)NC(C)(C)C(=O)c2ccccc2)c1. The van der Waals surface area contributed by atoms with Crippen molar-refractivity contribution >= 4 is 15.8 Å². The van der Waals surface area contributed by atoms with Crippen LogP contribution in [-0.2, 0) is 10.0 Å². The Morgan fingerprint density at radius 3 is 2.00 bits per heavy atom. The van der Waals surface area contributed by atoms with Crippen LogP contribution >= 0.6 is 0 Å². The lowest BCUT2D eigenvalue weighted by Gasteiger charge is -2.24. The Morgan fingerprint density at radius 1 is 0.957 bits per heavy atom. The second kappa shape index (κ2) is 6.26. The minimum absolute atomic E-state index is 0.170. The molecule has 2 rings (SSSR count). The van der Waals surface area contributed by atoms with E-state index in [9.17, 15) is 13.2 Å². The van der Waals surface area contributed by atoms with Gasteiger partial charge >= 0.3 is 0 Å². The zero-order valence-corrected chi connectivity index (χ0v) is 14.6. The van der Waals surface area contributed by atoms with Crippen molar-refractivity contribution in [1.82, 2.24) is 4.72 Å². The molecule has 4 nitrogen and oxygen atoms in total. The minimum Gasteiger partial charge on any atom is -0.292 e. The molecule has 0 unspecified atom stereocenters. The standard InChI is InChI=1S/C18H21NO3S/c1-13-10-14(2)12-16(11-13)23(21,22)19-18(3,4)17(20)15-8-6-5-7-9-15/h5-12,19H,1-4H3. The first-order valence-electron chi connectivity index (χ1n) is 7.34. The summed E-state index contributed by atoms with van der Waals surface area (Å²) in [6.45, 7) is 6.82. The van der Waals surface area contributed by atoms with E-state index in [1.807, 2.05) is 26.0 Å². The Morgan fingerprint density at radius 2 is 1.48 bits per heavy atom. The number of benzene rings is 2. The van der Waals surface area contributed by atoms with Gasteiger partial charge in [0.05, 0.1) is 10.4 Å². The molecule has 122 valence electrons. The summed E-state index contributed by atoms with van der Waals surface area (Å²) in [6.07, 6.45) is 0. The molecule has 5 heteroatoms. The summed E-state index contributed by atoms with van der Waals surface area (Å²) in [5.74, 6) is -0.272. The van der Waals surface area contributed by atoms with Crippen molar-refractivity contribution in [3.63, 3.8) is 0 Å². The van der Waals surface area contributed by atoms with Crippen LogP contribution in [0.1, 0.15) is 35.3 Å². The zero-order valence-electron chi connectivity index (χ0n) is 13.8. The Hall–Kier alpha value is -1.98. The highest BCUT2D eigenvalue weighted by atomic mass is 32.2. The van der Waals surface area contributed by atoms with Gasteiger partial charge in [0.15, 0.2) is 5.78 Å². The van der Waals surface area contributed by atoms with Crippen LogP contribution in [0.15, 0.2) is 53.4 Å². The predicted octanol–water partition coefficient (Wildman–Crippen LogP) is 3.24. The Kier molecular flexibility index (Phi) is 4.73. The van der Waals surface area contributed by atoms with Crippen LogP contribution < -0.4 is 4.72 Å². The molecule has 23 heavy (non-hydrogen) atoms. The van der Waals surface area contributed by atoms with Crippen molar-refractivity contribution < 1.29 is 13.2 Å². The van der Waals surface area contributed by atoms with Crippen LogP contribution in [0.25, 0.3) is 0 Å². The van der Waals surface area contributed by atoms with Gasteiger partial charge in [-0.05, 0) is 51.0 Å². The summed E-state index contributed by atoms with van der Waals surface area (Å²) in [4.78, 5) is 12.8. The van der Waals surface area contributed by atoms with Crippen molar-refractivity contribution in [2.75, 3.05) is 0 Å². The topological polar surface area (TPSA) is 63.2 Å². The molecule has 0 atom stereocenters. The fourth-order valence-corrected chi connectivity index (χ4v) is 4.04. The first-order chi connectivity index (χ1) is 10.6. The summed E-state index contributed by atoms with van der Waals surface area (Å²) < 4.78 is 27.8. The molecule has 0 aliphatic carbocycles. The average Bonchev–Trinajstić information content (AvgIpc) is 2.45. The molecular formula is C18H21NO3S. The van der Waals surface area contributed by atoms with Crippen molar-refractivity contribution in [3.05, 3.63) is 65.2 Å². The van der Waals surface area contributed by atoms with E-state index in [4.69, 9.17) is 0 Å². The number of Topliss-reactive ketones (excluding diaryl/α,β-unsaturated/α-hetero) is 1. The summed E-state index contributed by atoms with van der Waals surface area (Å²) >= 11 is 0. The number of ketones is 1. The molecule has 2 aromatic rings. The van der Waals surface area contributed by atoms with Crippen molar-refractivity contribution in [1.29, 1.82) is 0 Å². The highest BCUT2D eigenvalue weighted by molar-refractivity contribution is 7.89. The summed E-state index contributed by atoms with van der Waals surface area (Å²) in [7, 11) is -3.79. The van der Waals surface area contributed by atoms with Gasteiger partial charge in [0.1, 0.15) is 0 Å². The second-order valence-corrected chi connectivity index (χ2v) is 7.93. The lowest BCUT2D eigenvalue weighted by Crippen LogP contribution is -2.49. The van der Waals surface area contributed by atoms with Gasteiger partial charge < -0.3 is 0 Å². The Labute approximate surface area is 137 Å². The van der Waals surface area contributed by atoms with Gasteiger partial charge in [-0.15, -0.1) is 0 Å². The van der Waals surface area contributed by atoms with Gasteiger partial charge in [-0.3, -0.25) is 4.79 Å². The first-order valence-corrected chi connectivity index (χ1v) is 8.82. The fourth-order valence-electron chi connectivity index (χ4n) is 2.48. The van der Waals surface area contributed by atoms with E-state index in [-0.39, 0.29) is 10.7 Å². The van der Waals surface area contributed by atoms with E-state index in [1.54, 1.807) is 50.2 Å². The highest BCUT2D eigenvalue weighted by Crippen LogP contribution is 2.19. The Balaban J connectivity index is 2.33. The molecular weight excluding hydrogens is 310 g/mol. The van der Waals surface area contributed by atoms with Gasteiger partial charge in [-0.1, -0.05) is 36.4 Å². The third kappa shape index (κ3) is 4.06. The number of sulfonamides is 1. The molecule has 0 aliphatic heterocycles. The van der Waals surface area contributed by atoms with Crippen LogP contribution in [-0.4, -0.2) is 19.7 Å². The molecule has 0 fully saturated rings. The molecule has 0 amide bonds. The number of aryl methyl sites for hydroxylation is 2. The summed E-state index contributed by atoms with van der Waals surface area (Å²) in [5.41, 5.74) is 0.952. The molecule has 0 saturated carbocycles. The lowest BCUT2D eigenvalue weighted by molar-refractivity contribution is 0.0901. The molecule has 0 aliphatic rings. The van der Waals surface area contributed by atoms with Gasteiger partial charge in [-0.2, -0.15) is 4.72 Å². The molecule has 0 bridgehead atoms. The predicted molar refractivity (Wildman–Crippen MR) is 91.1 cm³/mol. The van der Waals surface area contributed by atoms with E-state index in [0.717, 1.165) is 11.1 Å². The molecule has 0 radical (unpaired) electrons. The fraction of sp³-hybridized carbons (Fsp3) is 0.278.